The third kappa shape index (κ3) is 3.57. The maximum atomic E-state index is 9.12. The van der Waals surface area contributed by atoms with Gasteiger partial charge in [0, 0.05) is 43.6 Å². The Bertz CT molecular complexity index is 1390. The maximum Gasteiger partial charge on any atom is 0.185 e. The molecule has 0 N–H and O–H groups in total. The van der Waals surface area contributed by atoms with Crippen LogP contribution in [0.1, 0.15) is 17.5 Å². The summed E-state index contributed by atoms with van der Waals surface area (Å²) >= 11 is 0. The second-order valence-electron chi connectivity index (χ2n) is 9.63. The smallest absolute Gasteiger partial charge is 0.185 e. The Kier molecular flexibility index (Phi) is 4.96. The van der Waals surface area contributed by atoms with E-state index in [0.29, 0.717) is 11.5 Å². The first-order valence-corrected chi connectivity index (χ1v) is 11.7. The number of benzene rings is 2. The van der Waals surface area contributed by atoms with Gasteiger partial charge < -0.3 is 14.4 Å². The first-order chi connectivity index (χ1) is 16.6. The number of hydrogen-bond acceptors (Lipinski definition) is 5. The van der Waals surface area contributed by atoms with Gasteiger partial charge in [-0.15, -0.1) is 10.2 Å². The van der Waals surface area contributed by atoms with E-state index in [4.69, 9.17) is 5.26 Å². The number of fused-ring (bicyclic) bond motifs is 5. The van der Waals surface area contributed by atoms with Gasteiger partial charge in [-0.1, -0.05) is 12.1 Å². The van der Waals surface area contributed by atoms with E-state index in [1.807, 2.05) is 24.3 Å². The number of rotatable bonds is 4. The molecule has 4 aromatic rings. The lowest BCUT2D eigenvalue weighted by Crippen LogP contribution is -2.25. The highest BCUT2D eigenvalue weighted by Gasteiger charge is 2.26. The van der Waals surface area contributed by atoms with Gasteiger partial charge in [0.05, 0.1) is 23.0 Å². The summed E-state index contributed by atoms with van der Waals surface area (Å²) in [5, 5.41) is 17.8. The van der Waals surface area contributed by atoms with Crippen molar-refractivity contribution < 1.29 is 0 Å². The molecule has 2 aromatic heterocycles. The van der Waals surface area contributed by atoms with Gasteiger partial charge in [-0.05, 0) is 74.0 Å². The Morgan fingerprint density at radius 3 is 2.74 bits per heavy atom. The largest absolute Gasteiger partial charge is 0.371 e. The van der Waals surface area contributed by atoms with Crippen LogP contribution in [0.25, 0.3) is 28.3 Å². The van der Waals surface area contributed by atoms with Crippen LogP contribution < -0.4 is 4.90 Å². The van der Waals surface area contributed by atoms with E-state index < -0.39 is 0 Å². The fourth-order valence-electron chi connectivity index (χ4n) is 5.36. The van der Waals surface area contributed by atoms with E-state index in [0.717, 1.165) is 54.5 Å². The molecule has 1 atom stereocenters. The Labute approximate surface area is 199 Å². The van der Waals surface area contributed by atoms with Gasteiger partial charge >= 0.3 is 0 Å². The van der Waals surface area contributed by atoms with Crippen molar-refractivity contribution in [2.24, 2.45) is 5.92 Å². The second kappa shape index (κ2) is 8.15. The molecule has 2 aliphatic heterocycles. The van der Waals surface area contributed by atoms with Crippen LogP contribution in [0, 0.1) is 17.2 Å². The lowest BCUT2D eigenvalue weighted by Gasteiger charge is -2.22. The molecule has 0 saturated carbocycles. The Morgan fingerprint density at radius 1 is 1.09 bits per heavy atom. The van der Waals surface area contributed by atoms with Crippen LogP contribution in [-0.4, -0.2) is 58.0 Å². The second-order valence-corrected chi connectivity index (χ2v) is 9.63. The van der Waals surface area contributed by atoms with Crippen LogP contribution in [0.2, 0.25) is 0 Å². The SMILES string of the molecule is CN(C)C[C@@H]1CCN(c2ccc3c(c2)Cn2cc(-c4ccc(C#N)cc4)cc2-c2nncn2-3)C1. The molecule has 0 radical (unpaired) electrons. The molecule has 1 saturated heterocycles. The van der Waals surface area contributed by atoms with Gasteiger partial charge in [0.2, 0.25) is 0 Å². The summed E-state index contributed by atoms with van der Waals surface area (Å²) in [5.74, 6) is 1.56. The van der Waals surface area contributed by atoms with Gasteiger partial charge in [-0.3, -0.25) is 4.57 Å². The number of nitriles is 1. The summed E-state index contributed by atoms with van der Waals surface area (Å²) in [4.78, 5) is 4.81. The van der Waals surface area contributed by atoms with E-state index in [9.17, 15) is 0 Å². The first-order valence-electron chi connectivity index (χ1n) is 11.7. The Morgan fingerprint density at radius 2 is 1.94 bits per heavy atom. The molecule has 0 bridgehead atoms. The summed E-state index contributed by atoms with van der Waals surface area (Å²) < 4.78 is 4.36. The number of nitrogens with zero attached hydrogens (tertiary/aromatic N) is 7. The predicted octanol–water partition coefficient (Wildman–Crippen LogP) is 4.02. The van der Waals surface area contributed by atoms with Crippen molar-refractivity contribution in [3.8, 4) is 34.4 Å². The van der Waals surface area contributed by atoms with Crippen molar-refractivity contribution in [1.29, 1.82) is 5.26 Å². The molecule has 4 heterocycles. The predicted molar refractivity (Wildman–Crippen MR) is 133 cm³/mol. The topological polar surface area (TPSA) is 65.9 Å². The zero-order valence-electron chi connectivity index (χ0n) is 19.5. The van der Waals surface area contributed by atoms with E-state index >= 15 is 0 Å². The Balaban J connectivity index is 1.36. The van der Waals surface area contributed by atoms with Gasteiger partial charge in [-0.25, -0.2) is 0 Å². The van der Waals surface area contributed by atoms with Gasteiger partial charge in [0.15, 0.2) is 5.82 Å². The molecule has 0 unspecified atom stereocenters. The average molecular weight is 450 g/mol. The summed E-state index contributed by atoms with van der Waals surface area (Å²) in [6.07, 6.45) is 5.22. The van der Waals surface area contributed by atoms with Gasteiger partial charge in [-0.2, -0.15) is 5.26 Å². The lowest BCUT2D eigenvalue weighted by molar-refractivity contribution is 0.340. The standard InChI is InChI=1S/C27H27N7/c1-31(2)14-20-9-10-32(15-20)24-7-8-25-23(11-24)17-33-16-22(21-5-3-19(13-28)4-6-21)12-26(33)27-30-29-18-34(25)27/h3-8,11-12,16,18,20H,9-10,14-15,17H2,1-2H3/t20-/m0/s1. The normalized spacial score (nSPS) is 16.6. The molecule has 34 heavy (non-hydrogen) atoms. The third-order valence-corrected chi connectivity index (χ3v) is 6.96. The maximum absolute atomic E-state index is 9.12. The minimum atomic E-state index is 0.667. The molecule has 0 spiro atoms. The van der Waals surface area contributed by atoms with Crippen LogP contribution >= 0.6 is 0 Å². The molecule has 0 aliphatic carbocycles. The number of aromatic nitrogens is 4. The first kappa shape index (κ1) is 20.7. The minimum Gasteiger partial charge on any atom is -0.371 e. The van der Waals surface area contributed by atoms with Crippen molar-refractivity contribution in [3.05, 3.63) is 72.2 Å². The van der Waals surface area contributed by atoms with Gasteiger partial charge in [0.25, 0.3) is 0 Å². The molecule has 170 valence electrons. The van der Waals surface area contributed by atoms with Crippen molar-refractivity contribution >= 4 is 5.69 Å². The monoisotopic (exact) mass is 449 g/mol. The van der Waals surface area contributed by atoms with E-state index in [2.05, 4.69) is 79.8 Å². The highest BCUT2D eigenvalue weighted by atomic mass is 15.3. The molecule has 0 amide bonds. The minimum absolute atomic E-state index is 0.667. The van der Waals surface area contributed by atoms with E-state index in [-0.39, 0.29) is 0 Å². The molecular formula is C27H27N7. The average Bonchev–Trinajstić information content (AvgIpc) is 3.57. The van der Waals surface area contributed by atoms with Crippen molar-refractivity contribution in [2.75, 3.05) is 38.6 Å². The summed E-state index contributed by atoms with van der Waals surface area (Å²) in [6, 6.07) is 18.9. The fraction of sp³-hybridized carbons (Fsp3) is 0.296. The zero-order valence-corrected chi connectivity index (χ0v) is 19.5. The Hall–Kier alpha value is -3.89. The number of hydrogen-bond donors (Lipinski definition) is 0. The zero-order chi connectivity index (χ0) is 23.2. The molecular weight excluding hydrogens is 422 g/mol. The van der Waals surface area contributed by atoms with Crippen molar-refractivity contribution in [3.63, 3.8) is 0 Å². The third-order valence-electron chi connectivity index (χ3n) is 6.96. The van der Waals surface area contributed by atoms with Crippen LogP contribution in [0.15, 0.2) is 61.1 Å². The summed E-state index contributed by atoms with van der Waals surface area (Å²) in [6.45, 7) is 4.11. The number of anilines is 1. The van der Waals surface area contributed by atoms with Crippen molar-refractivity contribution in [1.82, 2.24) is 24.2 Å². The quantitative estimate of drug-likeness (QED) is 0.415. The summed E-state index contributed by atoms with van der Waals surface area (Å²) in [5.41, 5.74) is 7.59. The molecule has 7 heteroatoms. The van der Waals surface area contributed by atoms with E-state index in [1.165, 1.54) is 17.7 Å². The highest BCUT2D eigenvalue weighted by molar-refractivity contribution is 5.72. The lowest BCUT2D eigenvalue weighted by atomic mass is 10.1. The van der Waals surface area contributed by atoms with E-state index in [1.54, 1.807) is 6.33 Å². The molecule has 2 aliphatic rings. The molecule has 2 aromatic carbocycles. The fourth-order valence-corrected chi connectivity index (χ4v) is 5.36. The van der Waals surface area contributed by atoms with Crippen molar-refractivity contribution in [2.45, 2.75) is 13.0 Å². The molecule has 7 nitrogen and oxygen atoms in total. The van der Waals surface area contributed by atoms with Crippen LogP contribution in [0.3, 0.4) is 0 Å². The van der Waals surface area contributed by atoms with Gasteiger partial charge in [0.1, 0.15) is 6.33 Å². The highest BCUT2D eigenvalue weighted by Crippen LogP contribution is 2.35. The summed E-state index contributed by atoms with van der Waals surface area (Å²) in [7, 11) is 4.31. The molecule has 1 fully saturated rings. The van der Waals surface area contributed by atoms with Crippen LogP contribution in [-0.2, 0) is 6.54 Å². The van der Waals surface area contributed by atoms with Crippen LogP contribution in [0.4, 0.5) is 5.69 Å². The van der Waals surface area contributed by atoms with Crippen LogP contribution in [0.5, 0.6) is 0 Å². The molecule has 6 rings (SSSR count).